The fourth-order valence-corrected chi connectivity index (χ4v) is 1.41. The Balaban J connectivity index is 2.30. The lowest BCUT2D eigenvalue weighted by Gasteiger charge is -2.04. The van der Waals surface area contributed by atoms with Gasteiger partial charge in [-0.05, 0) is 18.2 Å². The minimum Gasteiger partial charge on any atom is -0.450 e. The van der Waals surface area contributed by atoms with Crippen molar-refractivity contribution in [2.45, 2.75) is 0 Å². The Morgan fingerprint density at radius 3 is 2.29 bits per heavy atom. The van der Waals surface area contributed by atoms with Gasteiger partial charge in [0.2, 0.25) is 5.75 Å². The molecule has 0 aliphatic carbocycles. The zero-order valence-electron chi connectivity index (χ0n) is 9.37. The van der Waals surface area contributed by atoms with E-state index in [2.05, 4.69) is 4.84 Å². The molecular formula is C13H12NO3+. The van der Waals surface area contributed by atoms with Crippen molar-refractivity contribution < 1.29 is 14.5 Å². The second-order valence-corrected chi connectivity index (χ2v) is 3.32. The zero-order chi connectivity index (χ0) is 12.1. The molecule has 2 rings (SSSR count). The number of para-hydroxylation sites is 3. The Morgan fingerprint density at radius 2 is 1.59 bits per heavy atom. The molecule has 0 radical (unpaired) electrons. The van der Waals surface area contributed by atoms with Gasteiger partial charge in [0.1, 0.15) is 5.75 Å². The summed E-state index contributed by atoms with van der Waals surface area (Å²) < 4.78 is 5.61. The molecule has 0 aliphatic heterocycles. The Hall–Kier alpha value is -2.36. The van der Waals surface area contributed by atoms with E-state index >= 15 is 0 Å². The van der Waals surface area contributed by atoms with Crippen molar-refractivity contribution in [1.82, 2.24) is 0 Å². The molecule has 0 spiro atoms. The maximum absolute atomic E-state index is 11.4. The van der Waals surface area contributed by atoms with Crippen molar-refractivity contribution in [2.24, 2.45) is 0 Å². The SMILES string of the molecule is CO[N+](=O)c1ccccc1Oc1ccccc1. The van der Waals surface area contributed by atoms with E-state index in [1.165, 1.54) is 7.11 Å². The topological polar surface area (TPSA) is 38.5 Å². The lowest BCUT2D eigenvalue weighted by molar-refractivity contribution is -0.736. The lowest BCUT2D eigenvalue weighted by atomic mass is 10.3. The van der Waals surface area contributed by atoms with Gasteiger partial charge in [0.05, 0.1) is 4.91 Å². The maximum atomic E-state index is 11.4. The van der Waals surface area contributed by atoms with Gasteiger partial charge in [-0.1, -0.05) is 30.3 Å². The molecule has 0 N–H and O–H groups in total. The van der Waals surface area contributed by atoms with Gasteiger partial charge in [-0.2, -0.15) is 0 Å². The molecule has 4 nitrogen and oxygen atoms in total. The highest BCUT2D eigenvalue weighted by Crippen LogP contribution is 2.30. The molecule has 2 aromatic rings. The second kappa shape index (κ2) is 5.12. The van der Waals surface area contributed by atoms with E-state index in [1.807, 2.05) is 30.3 Å². The van der Waals surface area contributed by atoms with E-state index in [1.54, 1.807) is 24.3 Å². The van der Waals surface area contributed by atoms with E-state index in [9.17, 15) is 4.91 Å². The van der Waals surface area contributed by atoms with Crippen LogP contribution in [0.3, 0.4) is 0 Å². The fourth-order valence-electron chi connectivity index (χ4n) is 1.41. The van der Waals surface area contributed by atoms with Crippen LogP contribution >= 0.6 is 0 Å². The molecule has 86 valence electrons. The van der Waals surface area contributed by atoms with Crippen molar-refractivity contribution in [3.63, 3.8) is 0 Å². The second-order valence-electron chi connectivity index (χ2n) is 3.32. The van der Waals surface area contributed by atoms with E-state index in [-0.39, 0.29) is 0 Å². The first-order valence-electron chi connectivity index (χ1n) is 5.14. The Kier molecular flexibility index (Phi) is 3.35. The monoisotopic (exact) mass is 230 g/mol. The van der Waals surface area contributed by atoms with Crippen LogP contribution in [0.2, 0.25) is 0 Å². The van der Waals surface area contributed by atoms with Crippen LogP contribution in [0.15, 0.2) is 54.6 Å². The summed E-state index contributed by atoms with van der Waals surface area (Å²) in [4.78, 5) is 16.5. The number of ether oxygens (including phenoxy) is 1. The third-order valence-electron chi connectivity index (χ3n) is 2.20. The molecule has 4 heteroatoms. The number of nitrogens with zero attached hydrogens (tertiary/aromatic N) is 1. The Morgan fingerprint density at radius 1 is 0.941 bits per heavy atom. The van der Waals surface area contributed by atoms with Crippen molar-refractivity contribution in [2.75, 3.05) is 7.11 Å². The number of rotatable bonds is 4. The quantitative estimate of drug-likeness (QED) is 0.755. The first-order valence-corrected chi connectivity index (χ1v) is 5.14. The molecule has 0 heterocycles. The van der Waals surface area contributed by atoms with Gasteiger partial charge in [-0.25, -0.2) is 4.84 Å². The summed E-state index contributed by atoms with van der Waals surface area (Å²) in [5.41, 5.74) is 0.332. The summed E-state index contributed by atoms with van der Waals surface area (Å²) in [6.45, 7) is 0. The summed E-state index contributed by atoms with van der Waals surface area (Å²) in [5, 5.41) is 0. The van der Waals surface area contributed by atoms with Crippen LogP contribution in [0.1, 0.15) is 0 Å². The van der Waals surface area contributed by atoms with Gasteiger partial charge in [0, 0.05) is 6.07 Å². The van der Waals surface area contributed by atoms with Crippen LogP contribution in [-0.4, -0.2) is 12.0 Å². The van der Waals surface area contributed by atoms with Crippen molar-refractivity contribution in [3.8, 4) is 11.5 Å². The van der Waals surface area contributed by atoms with Gasteiger partial charge in [-0.15, -0.1) is 0 Å². The smallest absolute Gasteiger partial charge is 0.358 e. The molecule has 0 unspecified atom stereocenters. The van der Waals surface area contributed by atoms with Crippen molar-refractivity contribution in [3.05, 3.63) is 59.5 Å². The minimum atomic E-state index is 0.332. The molecule has 0 bridgehead atoms. The van der Waals surface area contributed by atoms with Crippen LogP contribution in [-0.2, 0) is 4.84 Å². The van der Waals surface area contributed by atoms with Crippen LogP contribution in [0.25, 0.3) is 0 Å². The molecule has 0 amide bonds. The van der Waals surface area contributed by atoms with Gasteiger partial charge >= 0.3 is 5.69 Å². The summed E-state index contributed by atoms with van der Waals surface area (Å²) in [6, 6.07) is 16.2. The Bertz CT molecular complexity index is 511. The van der Waals surface area contributed by atoms with Gasteiger partial charge in [0.15, 0.2) is 7.11 Å². The molecule has 0 fully saturated rings. The summed E-state index contributed by atoms with van der Waals surface area (Å²) in [5.74, 6) is 1.13. The highest BCUT2D eigenvalue weighted by atomic mass is 16.8. The summed E-state index contributed by atoms with van der Waals surface area (Å²) >= 11 is 0. The molecule has 2 aromatic carbocycles. The zero-order valence-corrected chi connectivity index (χ0v) is 9.37. The van der Waals surface area contributed by atoms with E-state index in [4.69, 9.17) is 4.74 Å². The predicted molar refractivity (Wildman–Crippen MR) is 63.3 cm³/mol. The largest absolute Gasteiger partial charge is 0.450 e. The van der Waals surface area contributed by atoms with Gasteiger partial charge in [0.25, 0.3) is 4.92 Å². The molecule has 0 saturated heterocycles. The third-order valence-corrected chi connectivity index (χ3v) is 2.20. The fraction of sp³-hybridized carbons (Fsp3) is 0.0769. The van der Waals surface area contributed by atoms with Crippen molar-refractivity contribution in [1.29, 1.82) is 0 Å². The molecule has 0 aliphatic rings. The third kappa shape index (κ3) is 2.60. The average molecular weight is 230 g/mol. The maximum Gasteiger partial charge on any atom is 0.358 e. The van der Waals surface area contributed by atoms with Crippen LogP contribution in [0.4, 0.5) is 5.69 Å². The minimum absolute atomic E-state index is 0.332. The van der Waals surface area contributed by atoms with Crippen LogP contribution in [0.5, 0.6) is 11.5 Å². The molecule has 17 heavy (non-hydrogen) atoms. The summed E-state index contributed by atoms with van der Waals surface area (Å²) in [6.07, 6.45) is 0. The molecule has 0 aromatic heterocycles. The standard InChI is InChI=1S/C13H12NO3/c1-16-14(15)12-9-5-6-10-13(12)17-11-7-3-2-4-8-11/h2-10H,1H3/q+1. The highest BCUT2D eigenvalue weighted by molar-refractivity contribution is 5.47. The molecular weight excluding hydrogens is 218 g/mol. The lowest BCUT2D eigenvalue weighted by Crippen LogP contribution is -1.99. The van der Waals surface area contributed by atoms with Crippen molar-refractivity contribution >= 4 is 5.69 Å². The molecule has 0 saturated carbocycles. The van der Waals surface area contributed by atoms with E-state index in [0.717, 1.165) is 0 Å². The first-order chi connectivity index (χ1) is 8.31. The first kappa shape index (κ1) is 11.1. The normalized spacial score (nSPS) is 9.71. The van der Waals surface area contributed by atoms with Crippen LogP contribution in [0, 0.1) is 4.91 Å². The predicted octanol–water partition coefficient (Wildman–Crippen LogP) is 3.45. The molecule has 0 atom stereocenters. The number of hydrogen-bond acceptors (Lipinski definition) is 3. The highest BCUT2D eigenvalue weighted by Gasteiger charge is 2.21. The number of benzene rings is 2. The number of hydrogen-bond donors (Lipinski definition) is 0. The van der Waals surface area contributed by atoms with Gasteiger partial charge in [-0.3, -0.25) is 0 Å². The van der Waals surface area contributed by atoms with E-state index < -0.39 is 0 Å². The van der Waals surface area contributed by atoms with E-state index in [0.29, 0.717) is 22.1 Å². The van der Waals surface area contributed by atoms with Crippen LogP contribution < -0.4 is 4.74 Å². The Labute approximate surface area is 98.9 Å². The van der Waals surface area contributed by atoms with Gasteiger partial charge < -0.3 is 4.74 Å². The summed E-state index contributed by atoms with van der Waals surface area (Å²) in [7, 11) is 1.31. The average Bonchev–Trinajstić information content (AvgIpc) is 2.40.